The maximum atomic E-state index is 11.0. The predicted molar refractivity (Wildman–Crippen MR) is 53.1 cm³/mol. The summed E-state index contributed by atoms with van der Waals surface area (Å²) in [7, 11) is 0. The Morgan fingerprint density at radius 2 is 2.07 bits per heavy atom. The number of hydrogen-bond acceptors (Lipinski definition) is 3. The third-order valence-corrected chi connectivity index (χ3v) is 1.65. The molecule has 0 atom stereocenters. The fourth-order valence-corrected chi connectivity index (χ4v) is 0.899. The van der Waals surface area contributed by atoms with E-state index in [1.807, 2.05) is 6.07 Å². The summed E-state index contributed by atoms with van der Waals surface area (Å²) in [6, 6.07) is 2.04. The van der Waals surface area contributed by atoms with Gasteiger partial charge in [0.25, 0.3) is 0 Å². The molecule has 0 saturated heterocycles. The fourth-order valence-electron chi connectivity index (χ4n) is 0.899. The van der Waals surface area contributed by atoms with Gasteiger partial charge in [0.15, 0.2) is 0 Å². The monoisotopic (exact) mass is 193 g/mol. The first-order chi connectivity index (χ1) is 6.81. The first-order valence-corrected chi connectivity index (χ1v) is 4.77. The molecular weight excluding hydrogens is 178 g/mol. The molecule has 0 aliphatic heterocycles. The van der Waals surface area contributed by atoms with Gasteiger partial charge in [-0.2, -0.15) is 5.26 Å². The lowest BCUT2D eigenvalue weighted by Gasteiger charge is -2.02. The summed E-state index contributed by atoms with van der Waals surface area (Å²) in [5.74, 6) is 2.27. The average molecular weight is 193 g/mol. The summed E-state index contributed by atoms with van der Waals surface area (Å²) >= 11 is 0. The Hall–Kier alpha value is -1.48. The van der Waals surface area contributed by atoms with E-state index in [2.05, 4.69) is 5.92 Å². The molecule has 0 aliphatic carbocycles. The predicted octanol–water partition coefficient (Wildman–Crippen LogP) is 2.03. The molecule has 0 unspecified atom stereocenters. The zero-order chi connectivity index (χ0) is 10.6. The summed E-state index contributed by atoms with van der Waals surface area (Å²) in [5.41, 5.74) is 0. The van der Waals surface area contributed by atoms with E-state index in [4.69, 9.17) is 16.4 Å². The Morgan fingerprint density at radius 3 is 2.71 bits per heavy atom. The van der Waals surface area contributed by atoms with E-state index in [0.717, 1.165) is 12.8 Å². The topological polar surface area (TPSA) is 50.1 Å². The first kappa shape index (κ1) is 12.5. The lowest BCUT2D eigenvalue weighted by Crippen LogP contribution is -2.05. The van der Waals surface area contributed by atoms with Crippen molar-refractivity contribution in [2.45, 2.75) is 38.5 Å². The smallest absolute Gasteiger partial charge is 0.305 e. The van der Waals surface area contributed by atoms with Crippen molar-refractivity contribution in [3.63, 3.8) is 0 Å². The highest BCUT2D eigenvalue weighted by Gasteiger charge is 2.00. The van der Waals surface area contributed by atoms with Gasteiger partial charge in [-0.25, -0.2) is 0 Å². The lowest BCUT2D eigenvalue weighted by molar-refractivity contribution is -0.143. The number of esters is 1. The Balaban J connectivity index is 3.20. The Bertz CT molecular complexity index is 235. The van der Waals surface area contributed by atoms with E-state index in [-0.39, 0.29) is 5.97 Å². The molecule has 0 bridgehead atoms. The highest BCUT2D eigenvalue weighted by Crippen LogP contribution is 1.99. The number of hydrogen-bond donors (Lipinski definition) is 0. The van der Waals surface area contributed by atoms with E-state index in [0.29, 0.717) is 32.3 Å². The molecule has 0 aliphatic rings. The second kappa shape index (κ2) is 9.61. The molecule has 0 aromatic carbocycles. The van der Waals surface area contributed by atoms with Gasteiger partial charge in [0, 0.05) is 19.3 Å². The van der Waals surface area contributed by atoms with Gasteiger partial charge in [-0.05, 0) is 19.3 Å². The van der Waals surface area contributed by atoms with Gasteiger partial charge in [-0.1, -0.05) is 0 Å². The van der Waals surface area contributed by atoms with Gasteiger partial charge in [0.1, 0.15) is 0 Å². The summed E-state index contributed by atoms with van der Waals surface area (Å²) in [6.07, 6.45) is 8.80. The molecule has 14 heavy (non-hydrogen) atoms. The molecule has 0 radical (unpaired) electrons. The van der Waals surface area contributed by atoms with Crippen LogP contribution in [0.2, 0.25) is 0 Å². The highest BCUT2D eigenvalue weighted by atomic mass is 16.5. The fraction of sp³-hybridized carbons (Fsp3) is 0.636. The molecule has 0 spiro atoms. The van der Waals surface area contributed by atoms with Crippen molar-refractivity contribution in [2.24, 2.45) is 0 Å². The molecule has 0 aromatic heterocycles. The van der Waals surface area contributed by atoms with Gasteiger partial charge in [-0.15, -0.1) is 12.3 Å². The second-order valence-corrected chi connectivity index (χ2v) is 2.89. The quantitative estimate of drug-likeness (QED) is 0.353. The van der Waals surface area contributed by atoms with Crippen LogP contribution in [0.25, 0.3) is 0 Å². The van der Waals surface area contributed by atoms with Crippen LogP contribution >= 0.6 is 0 Å². The summed E-state index contributed by atoms with van der Waals surface area (Å²) in [4.78, 5) is 11.0. The molecule has 0 amide bonds. The van der Waals surface area contributed by atoms with Gasteiger partial charge in [0.2, 0.25) is 0 Å². The third kappa shape index (κ3) is 8.62. The van der Waals surface area contributed by atoms with Crippen molar-refractivity contribution in [1.29, 1.82) is 5.26 Å². The summed E-state index contributed by atoms with van der Waals surface area (Å²) in [6.45, 7) is 0.413. The number of terminal acetylenes is 1. The van der Waals surface area contributed by atoms with Crippen molar-refractivity contribution in [3.8, 4) is 18.4 Å². The lowest BCUT2D eigenvalue weighted by atomic mass is 10.2. The number of rotatable bonds is 7. The third-order valence-electron chi connectivity index (χ3n) is 1.65. The molecule has 0 rings (SSSR count). The van der Waals surface area contributed by atoms with Crippen LogP contribution in [0, 0.1) is 23.7 Å². The Morgan fingerprint density at radius 1 is 1.29 bits per heavy atom. The molecule has 3 nitrogen and oxygen atoms in total. The maximum Gasteiger partial charge on any atom is 0.305 e. The van der Waals surface area contributed by atoms with E-state index in [1.165, 1.54) is 0 Å². The van der Waals surface area contributed by atoms with Gasteiger partial charge < -0.3 is 4.74 Å². The van der Waals surface area contributed by atoms with Crippen LogP contribution in [0.3, 0.4) is 0 Å². The van der Waals surface area contributed by atoms with Crippen molar-refractivity contribution >= 4 is 5.97 Å². The van der Waals surface area contributed by atoms with E-state index in [9.17, 15) is 4.79 Å². The minimum Gasteiger partial charge on any atom is -0.466 e. The Labute approximate surface area is 85.1 Å². The SMILES string of the molecule is C#CCCCC(=O)OCCCCC#N. The molecule has 0 aromatic rings. The highest BCUT2D eigenvalue weighted by molar-refractivity contribution is 5.69. The van der Waals surface area contributed by atoms with Gasteiger partial charge >= 0.3 is 5.97 Å². The average Bonchev–Trinajstić information content (AvgIpc) is 2.18. The van der Waals surface area contributed by atoms with Crippen LogP contribution in [0.5, 0.6) is 0 Å². The van der Waals surface area contributed by atoms with Crippen LogP contribution in [0.1, 0.15) is 38.5 Å². The minimum absolute atomic E-state index is 0.197. The normalized spacial score (nSPS) is 8.71. The van der Waals surface area contributed by atoms with Gasteiger partial charge in [-0.3, -0.25) is 4.79 Å². The van der Waals surface area contributed by atoms with Crippen LogP contribution in [0.15, 0.2) is 0 Å². The zero-order valence-corrected chi connectivity index (χ0v) is 8.29. The molecule has 0 fully saturated rings. The molecule has 0 heterocycles. The van der Waals surface area contributed by atoms with Crippen LogP contribution in [-0.4, -0.2) is 12.6 Å². The van der Waals surface area contributed by atoms with E-state index in [1.54, 1.807) is 0 Å². The van der Waals surface area contributed by atoms with Crippen molar-refractivity contribution in [2.75, 3.05) is 6.61 Å². The number of nitriles is 1. The largest absolute Gasteiger partial charge is 0.466 e. The number of carbonyl (C=O) groups is 1. The van der Waals surface area contributed by atoms with Crippen molar-refractivity contribution < 1.29 is 9.53 Å². The summed E-state index contributed by atoms with van der Waals surface area (Å²) < 4.78 is 4.92. The molecule has 76 valence electrons. The van der Waals surface area contributed by atoms with Crippen molar-refractivity contribution in [3.05, 3.63) is 0 Å². The molecular formula is C11H15NO2. The number of unbranched alkanes of at least 4 members (excludes halogenated alkanes) is 3. The number of carbonyl (C=O) groups excluding carboxylic acids is 1. The molecule has 3 heteroatoms. The van der Waals surface area contributed by atoms with Crippen LogP contribution in [-0.2, 0) is 9.53 Å². The summed E-state index contributed by atoms with van der Waals surface area (Å²) in [5, 5.41) is 8.24. The molecule has 0 saturated carbocycles. The number of ether oxygens (including phenoxy) is 1. The Kier molecular flexibility index (Phi) is 8.59. The van der Waals surface area contributed by atoms with Crippen LogP contribution in [0.4, 0.5) is 0 Å². The van der Waals surface area contributed by atoms with Crippen LogP contribution < -0.4 is 0 Å². The maximum absolute atomic E-state index is 11.0. The second-order valence-electron chi connectivity index (χ2n) is 2.89. The van der Waals surface area contributed by atoms with E-state index >= 15 is 0 Å². The zero-order valence-electron chi connectivity index (χ0n) is 8.29. The van der Waals surface area contributed by atoms with E-state index < -0.39 is 0 Å². The van der Waals surface area contributed by atoms with Gasteiger partial charge in [0.05, 0.1) is 12.7 Å². The minimum atomic E-state index is -0.197. The first-order valence-electron chi connectivity index (χ1n) is 4.77. The standard InChI is InChI=1S/C11H15NO2/c1-2-3-5-8-11(13)14-10-7-4-6-9-12/h1H,3-8,10H2. The molecule has 0 N–H and O–H groups in total. The number of nitrogens with zero attached hydrogens (tertiary/aromatic N) is 1. The van der Waals surface area contributed by atoms with Crippen molar-refractivity contribution in [1.82, 2.24) is 0 Å².